The standard InChI is InChI=1S/C19H16F3NO2S/c1-13-11-12-23(14-7-9-15(10-8-14)26(2,24)25)18(13)16-5-3-4-6-17(16)19(20,21)22/h3-12H,1-2H3. The maximum atomic E-state index is 13.4. The molecule has 0 radical (unpaired) electrons. The summed E-state index contributed by atoms with van der Waals surface area (Å²) in [6, 6.07) is 13.2. The number of hydrogen-bond donors (Lipinski definition) is 0. The number of aromatic nitrogens is 1. The Kier molecular flexibility index (Phi) is 4.44. The number of halogens is 3. The van der Waals surface area contributed by atoms with Crippen LogP contribution in [-0.2, 0) is 16.0 Å². The van der Waals surface area contributed by atoms with Crippen molar-refractivity contribution in [3.63, 3.8) is 0 Å². The molecule has 7 heteroatoms. The summed E-state index contributed by atoms with van der Waals surface area (Å²) in [4.78, 5) is 0.155. The van der Waals surface area contributed by atoms with Crippen LogP contribution < -0.4 is 0 Å². The zero-order valence-electron chi connectivity index (χ0n) is 14.1. The summed E-state index contributed by atoms with van der Waals surface area (Å²) in [5.74, 6) is 0. The summed E-state index contributed by atoms with van der Waals surface area (Å²) in [6.07, 6.45) is -1.70. The van der Waals surface area contributed by atoms with E-state index in [1.54, 1.807) is 42.0 Å². The third-order valence-corrected chi connectivity index (χ3v) is 5.25. The predicted molar refractivity (Wildman–Crippen MR) is 94.1 cm³/mol. The highest BCUT2D eigenvalue weighted by atomic mass is 32.2. The van der Waals surface area contributed by atoms with Gasteiger partial charge in [-0.1, -0.05) is 18.2 Å². The molecular formula is C19H16F3NO2S. The van der Waals surface area contributed by atoms with Gasteiger partial charge in [0.25, 0.3) is 0 Å². The number of alkyl halides is 3. The van der Waals surface area contributed by atoms with Crippen LogP contribution in [0, 0.1) is 6.92 Å². The van der Waals surface area contributed by atoms with Crippen LogP contribution in [0.2, 0.25) is 0 Å². The first-order chi connectivity index (χ1) is 12.1. The second kappa shape index (κ2) is 6.32. The molecule has 3 rings (SSSR count). The molecule has 1 heterocycles. The minimum Gasteiger partial charge on any atom is -0.316 e. The van der Waals surface area contributed by atoms with E-state index in [-0.39, 0.29) is 10.5 Å². The minimum absolute atomic E-state index is 0.0784. The number of hydrogen-bond acceptors (Lipinski definition) is 2. The van der Waals surface area contributed by atoms with Crippen molar-refractivity contribution >= 4 is 9.84 Å². The average molecular weight is 379 g/mol. The van der Waals surface area contributed by atoms with E-state index in [0.29, 0.717) is 16.9 Å². The van der Waals surface area contributed by atoms with Crippen LogP contribution in [0.1, 0.15) is 11.1 Å². The van der Waals surface area contributed by atoms with Gasteiger partial charge >= 0.3 is 6.18 Å². The number of sulfone groups is 1. The van der Waals surface area contributed by atoms with Crippen LogP contribution in [0.25, 0.3) is 16.9 Å². The highest BCUT2D eigenvalue weighted by Gasteiger charge is 2.34. The van der Waals surface area contributed by atoms with Gasteiger partial charge in [0.05, 0.1) is 16.2 Å². The Morgan fingerprint density at radius 3 is 2.12 bits per heavy atom. The van der Waals surface area contributed by atoms with Crippen LogP contribution in [0.15, 0.2) is 65.7 Å². The number of rotatable bonds is 3. The zero-order valence-corrected chi connectivity index (χ0v) is 14.9. The number of nitrogens with zero attached hydrogens (tertiary/aromatic N) is 1. The van der Waals surface area contributed by atoms with Gasteiger partial charge in [-0.2, -0.15) is 13.2 Å². The monoisotopic (exact) mass is 379 g/mol. The normalized spacial score (nSPS) is 12.3. The van der Waals surface area contributed by atoms with Gasteiger partial charge in [-0.15, -0.1) is 0 Å². The molecule has 0 atom stereocenters. The van der Waals surface area contributed by atoms with Crippen molar-refractivity contribution in [3.8, 4) is 16.9 Å². The first kappa shape index (κ1) is 18.3. The predicted octanol–water partition coefficient (Wildman–Crippen LogP) is 4.88. The Bertz CT molecular complexity index is 1050. The average Bonchev–Trinajstić information content (AvgIpc) is 2.95. The van der Waals surface area contributed by atoms with Crippen LogP contribution >= 0.6 is 0 Å². The van der Waals surface area contributed by atoms with Gasteiger partial charge in [-0.3, -0.25) is 0 Å². The van der Waals surface area contributed by atoms with E-state index < -0.39 is 21.6 Å². The van der Waals surface area contributed by atoms with Crippen LogP contribution in [0.5, 0.6) is 0 Å². The van der Waals surface area contributed by atoms with Gasteiger partial charge in [0.1, 0.15) is 0 Å². The molecule has 0 aliphatic rings. The molecule has 3 nitrogen and oxygen atoms in total. The fraction of sp³-hybridized carbons (Fsp3) is 0.158. The second-order valence-corrected chi connectivity index (χ2v) is 8.04. The van der Waals surface area contributed by atoms with E-state index in [1.807, 2.05) is 0 Å². The van der Waals surface area contributed by atoms with Crippen LogP contribution in [0.3, 0.4) is 0 Å². The van der Waals surface area contributed by atoms with E-state index in [0.717, 1.165) is 12.3 Å². The minimum atomic E-state index is -4.47. The lowest BCUT2D eigenvalue weighted by Gasteiger charge is -2.16. The Labute approximate surface area is 149 Å². The van der Waals surface area contributed by atoms with Crippen molar-refractivity contribution < 1.29 is 21.6 Å². The van der Waals surface area contributed by atoms with Gasteiger partial charge in [-0.25, -0.2) is 8.42 Å². The van der Waals surface area contributed by atoms with Gasteiger partial charge in [0.2, 0.25) is 0 Å². The smallest absolute Gasteiger partial charge is 0.316 e. The third kappa shape index (κ3) is 3.39. The molecular weight excluding hydrogens is 363 g/mol. The number of benzene rings is 2. The van der Waals surface area contributed by atoms with E-state index in [1.165, 1.54) is 24.3 Å². The molecule has 0 fully saturated rings. The maximum absolute atomic E-state index is 13.4. The summed E-state index contributed by atoms with van der Waals surface area (Å²) in [5, 5.41) is 0. The van der Waals surface area contributed by atoms with Crippen molar-refractivity contribution in [2.24, 2.45) is 0 Å². The molecule has 0 N–H and O–H groups in total. The van der Waals surface area contributed by atoms with Gasteiger partial charge in [-0.05, 0) is 48.9 Å². The summed E-state index contributed by atoms with van der Waals surface area (Å²) in [6.45, 7) is 1.74. The van der Waals surface area contributed by atoms with E-state index >= 15 is 0 Å². The molecule has 1 aromatic heterocycles. The molecule has 0 bridgehead atoms. The highest BCUT2D eigenvalue weighted by molar-refractivity contribution is 7.90. The zero-order chi connectivity index (χ0) is 19.1. The third-order valence-electron chi connectivity index (χ3n) is 4.12. The fourth-order valence-corrected chi connectivity index (χ4v) is 3.51. The lowest BCUT2D eigenvalue weighted by atomic mass is 10.0. The molecule has 0 spiro atoms. The summed E-state index contributed by atoms with van der Waals surface area (Å²) < 4.78 is 65.1. The summed E-state index contributed by atoms with van der Waals surface area (Å²) in [7, 11) is -3.34. The number of aryl methyl sites for hydroxylation is 1. The Morgan fingerprint density at radius 2 is 1.54 bits per heavy atom. The van der Waals surface area contributed by atoms with E-state index in [2.05, 4.69) is 0 Å². The van der Waals surface area contributed by atoms with Crippen molar-refractivity contribution in [1.29, 1.82) is 0 Å². The SMILES string of the molecule is Cc1ccn(-c2ccc(S(C)(=O)=O)cc2)c1-c1ccccc1C(F)(F)F. The second-order valence-electron chi connectivity index (χ2n) is 6.03. The lowest BCUT2D eigenvalue weighted by Crippen LogP contribution is -2.09. The van der Waals surface area contributed by atoms with Crippen LogP contribution in [-0.4, -0.2) is 19.2 Å². The van der Waals surface area contributed by atoms with Crippen LogP contribution in [0.4, 0.5) is 13.2 Å². The van der Waals surface area contributed by atoms with Crippen molar-refractivity contribution in [2.45, 2.75) is 18.0 Å². The molecule has 0 amide bonds. The Hall–Kier alpha value is -2.54. The molecule has 136 valence electrons. The van der Waals surface area contributed by atoms with Crippen molar-refractivity contribution in [1.82, 2.24) is 4.57 Å². The van der Waals surface area contributed by atoms with E-state index in [9.17, 15) is 21.6 Å². The fourth-order valence-electron chi connectivity index (χ4n) is 2.88. The van der Waals surface area contributed by atoms with Gasteiger partial charge in [0, 0.05) is 23.7 Å². The molecule has 0 aliphatic heterocycles. The molecule has 0 saturated carbocycles. The largest absolute Gasteiger partial charge is 0.417 e. The van der Waals surface area contributed by atoms with E-state index in [4.69, 9.17) is 0 Å². The quantitative estimate of drug-likeness (QED) is 0.651. The summed E-state index contributed by atoms with van der Waals surface area (Å²) >= 11 is 0. The lowest BCUT2D eigenvalue weighted by molar-refractivity contribution is -0.137. The topological polar surface area (TPSA) is 39.1 Å². The Balaban J connectivity index is 2.18. The van der Waals surface area contributed by atoms with Gasteiger partial charge in [0.15, 0.2) is 9.84 Å². The molecule has 26 heavy (non-hydrogen) atoms. The highest BCUT2D eigenvalue weighted by Crippen LogP contribution is 2.39. The first-order valence-corrected chi connectivity index (χ1v) is 9.63. The molecule has 3 aromatic rings. The Morgan fingerprint density at radius 1 is 0.923 bits per heavy atom. The van der Waals surface area contributed by atoms with Crippen molar-refractivity contribution in [3.05, 3.63) is 71.9 Å². The van der Waals surface area contributed by atoms with Crippen molar-refractivity contribution in [2.75, 3.05) is 6.26 Å². The molecule has 0 unspecified atom stereocenters. The van der Waals surface area contributed by atoms with Gasteiger partial charge < -0.3 is 4.57 Å². The maximum Gasteiger partial charge on any atom is 0.417 e. The molecule has 0 aliphatic carbocycles. The molecule has 2 aromatic carbocycles. The molecule has 0 saturated heterocycles. The summed E-state index contributed by atoms with van der Waals surface area (Å²) in [5.41, 5.74) is 1.06. The first-order valence-electron chi connectivity index (χ1n) is 7.74.